The van der Waals surface area contributed by atoms with Gasteiger partial charge in [0.15, 0.2) is 11.5 Å². The van der Waals surface area contributed by atoms with Gasteiger partial charge >= 0.3 is 0 Å². The van der Waals surface area contributed by atoms with E-state index < -0.39 is 12.1 Å². The minimum atomic E-state index is -0.722. The molecule has 2 rings (SSSR count). The Labute approximate surface area is 148 Å². The van der Waals surface area contributed by atoms with E-state index in [0.29, 0.717) is 23.7 Å². The molecule has 0 unspecified atom stereocenters. The highest BCUT2D eigenvalue weighted by atomic mass is 35.5. The number of benzene rings is 2. The monoisotopic (exact) mass is 353 g/mol. The highest BCUT2D eigenvalue weighted by Gasteiger charge is 2.21. The number of hydrogen-bond acceptors (Lipinski definition) is 5. The first kappa shape index (κ1) is 20.1. The third kappa shape index (κ3) is 4.54. The summed E-state index contributed by atoms with van der Waals surface area (Å²) in [5.41, 5.74) is 7.98. The van der Waals surface area contributed by atoms with Gasteiger partial charge in [-0.05, 0) is 23.3 Å². The van der Waals surface area contributed by atoms with Crippen LogP contribution in [0.4, 0.5) is 0 Å². The van der Waals surface area contributed by atoms with Crippen molar-refractivity contribution in [3.63, 3.8) is 0 Å². The van der Waals surface area contributed by atoms with E-state index in [2.05, 4.69) is 0 Å². The molecule has 0 aliphatic rings. The van der Waals surface area contributed by atoms with Crippen LogP contribution in [0.1, 0.15) is 17.2 Å². The van der Waals surface area contributed by atoms with Gasteiger partial charge in [-0.2, -0.15) is 0 Å². The molecule has 2 aromatic rings. The van der Waals surface area contributed by atoms with Crippen molar-refractivity contribution in [1.29, 1.82) is 0 Å². The Hall–Kier alpha value is -1.95. The molecule has 0 heterocycles. The lowest BCUT2D eigenvalue weighted by atomic mass is 9.96. The maximum absolute atomic E-state index is 10.4. The maximum atomic E-state index is 10.4. The highest BCUT2D eigenvalue weighted by molar-refractivity contribution is 5.85. The molecule has 0 radical (unpaired) electrons. The predicted octanol–water partition coefficient (Wildman–Crippen LogP) is 2.74. The van der Waals surface area contributed by atoms with E-state index in [1.165, 1.54) is 0 Å². The summed E-state index contributed by atoms with van der Waals surface area (Å²) in [6, 6.07) is 12.7. The van der Waals surface area contributed by atoms with E-state index in [1.807, 2.05) is 30.3 Å². The number of hydrogen-bond donors (Lipinski definition) is 2. The van der Waals surface area contributed by atoms with Gasteiger partial charge in [-0.25, -0.2) is 0 Å². The quantitative estimate of drug-likeness (QED) is 0.800. The summed E-state index contributed by atoms with van der Waals surface area (Å²) in [5, 5.41) is 10.4. The lowest BCUT2D eigenvalue weighted by Crippen LogP contribution is -2.28. The first-order valence-electron chi connectivity index (χ1n) is 7.38. The molecule has 0 aliphatic heterocycles. The number of methoxy groups -OCH3 is 3. The van der Waals surface area contributed by atoms with Crippen LogP contribution in [0.25, 0.3) is 0 Å². The molecule has 132 valence electrons. The summed E-state index contributed by atoms with van der Waals surface area (Å²) < 4.78 is 15.9. The molecule has 0 aromatic heterocycles. The van der Waals surface area contributed by atoms with Crippen molar-refractivity contribution in [1.82, 2.24) is 0 Å². The molecule has 0 spiro atoms. The van der Waals surface area contributed by atoms with Gasteiger partial charge in [-0.3, -0.25) is 0 Å². The number of ether oxygens (including phenoxy) is 3. The van der Waals surface area contributed by atoms with Gasteiger partial charge in [-0.15, -0.1) is 12.4 Å². The molecule has 0 fully saturated rings. The Bertz CT molecular complexity index is 611. The van der Waals surface area contributed by atoms with Crippen LogP contribution in [-0.4, -0.2) is 32.5 Å². The lowest BCUT2D eigenvalue weighted by molar-refractivity contribution is 0.145. The Balaban J connectivity index is 0.00000288. The third-order valence-corrected chi connectivity index (χ3v) is 3.77. The van der Waals surface area contributed by atoms with Gasteiger partial charge in [0.05, 0.1) is 33.5 Å². The van der Waals surface area contributed by atoms with E-state index in [4.69, 9.17) is 19.9 Å². The first-order chi connectivity index (χ1) is 11.1. The Morgan fingerprint density at radius 2 is 1.50 bits per heavy atom. The molecule has 3 N–H and O–H groups in total. The summed E-state index contributed by atoms with van der Waals surface area (Å²) in [5.74, 6) is 1.54. The SMILES string of the molecule is COc1cc([C@@H](N)[C@@H](O)Cc2ccccc2)cc(OC)c1OC.Cl. The summed E-state index contributed by atoms with van der Waals surface area (Å²) in [6.07, 6.45) is -0.251. The average Bonchev–Trinajstić information content (AvgIpc) is 2.60. The zero-order valence-electron chi connectivity index (χ0n) is 14.1. The fraction of sp³-hybridized carbons (Fsp3) is 0.333. The van der Waals surface area contributed by atoms with Crippen molar-refractivity contribution in [2.45, 2.75) is 18.6 Å². The van der Waals surface area contributed by atoms with Crippen LogP contribution in [0.15, 0.2) is 42.5 Å². The molecule has 0 bridgehead atoms. The zero-order chi connectivity index (χ0) is 16.8. The molecule has 2 atom stereocenters. The van der Waals surface area contributed by atoms with Crippen LogP contribution in [0.3, 0.4) is 0 Å². The molecule has 0 saturated heterocycles. The van der Waals surface area contributed by atoms with Crippen molar-refractivity contribution in [2.24, 2.45) is 5.73 Å². The molecule has 0 saturated carbocycles. The molecule has 0 amide bonds. The first-order valence-corrected chi connectivity index (χ1v) is 7.38. The van der Waals surface area contributed by atoms with E-state index in [1.54, 1.807) is 33.5 Å². The van der Waals surface area contributed by atoms with Crippen molar-refractivity contribution >= 4 is 12.4 Å². The van der Waals surface area contributed by atoms with Crippen molar-refractivity contribution in [2.75, 3.05) is 21.3 Å². The summed E-state index contributed by atoms with van der Waals surface area (Å²) in [4.78, 5) is 0. The molecule has 5 nitrogen and oxygen atoms in total. The van der Waals surface area contributed by atoms with Gasteiger partial charge in [0.25, 0.3) is 0 Å². The molecule has 6 heteroatoms. The van der Waals surface area contributed by atoms with E-state index in [-0.39, 0.29) is 12.4 Å². The normalized spacial score (nSPS) is 12.7. The summed E-state index contributed by atoms with van der Waals surface area (Å²) in [7, 11) is 4.64. The number of aliphatic hydroxyl groups excluding tert-OH is 1. The fourth-order valence-electron chi connectivity index (χ4n) is 2.50. The number of halogens is 1. The second-order valence-corrected chi connectivity index (χ2v) is 5.24. The maximum Gasteiger partial charge on any atom is 0.203 e. The second kappa shape index (κ2) is 9.37. The van der Waals surface area contributed by atoms with Crippen LogP contribution < -0.4 is 19.9 Å². The molecular formula is C18H24ClNO4. The largest absolute Gasteiger partial charge is 0.493 e. The molecule has 0 aliphatic carbocycles. The lowest BCUT2D eigenvalue weighted by Gasteiger charge is -2.22. The predicted molar refractivity (Wildman–Crippen MR) is 96.4 cm³/mol. The van der Waals surface area contributed by atoms with Gasteiger partial charge < -0.3 is 25.1 Å². The minimum Gasteiger partial charge on any atom is -0.493 e. The smallest absolute Gasteiger partial charge is 0.203 e. The number of aliphatic hydroxyl groups is 1. The highest BCUT2D eigenvalue weighted by Crippen LogP contribution is 2.39. The van der Waals surface area contributed by atoms with Crippen molar-refractivity contribution in [3.05, 3.63) is 53.6 Å². The molecule has 24 heavy (non-hydrogen) atoms. The standard InChI is InChI=1S/C18H23NO4.ClH/c1-21-15-10-13(11-16(22-2)18(15)23-3)17(19)14(20)9-12-7-5-4-6-8-12;/h4-8,10-11,14,17,20H,9,19H2,1-3H3;1H/t14-,17+;/m0./s1. The fourth-order valence-corrected chi connectivity index (χ4v) is 2.50. The number of nitrogens with two attached hydrogens (primary N) is 1. The van der Waals surface area contributed by atoms with Crippen LogP contribution in [0.2, 0.25) is 0 Å². The van der Waals surface area contributed by atoms with Gasteiger partial charge in [-0.1, -0.05) is 30.3 Å². The van der Waals surface area contributed by atoms with Crippen molar-refractivity contribution < 1.29 is 19.3 Å². The van der Waals surface area contributed by atoms with Crippen LogP contribution in [-0.2, 0) is 6.42 Å². The van der Waals surface area contributed by atoms with Gasteiger partial charge in [0, 0.05) is 6.42 Å². The second-order valence-electron chi connectivity index (χ2n) is 5.24. The Morgan fingerprint density at radius 1 is 0.958 bits per heavy atom. The van der Waals surface area contributed by atoms with Gasteiger partial charge in [0.1, 0.15) is 0 Å². The topological polar surface area (TPSA) is 73.9 Å². The van der Waals surface area contributed by atoms with Crippen LogP contribution in [0, 0.1) is 0 Å². The Kier molecular flexibility index (Phi) is 7.85. The molecule has 2 aromatic carbocycles. The average molecular weight is 354 g/mol. The zero-order valence-corrected chi connectivity index (χ0v) is 14.9. The summed E-state index contributed by atoms with van der Waals surface area (Å²) in [6.45, 7) is 0. The van der Waals surface area contributed by atoms with E-state index >= 15 is 0 Å². The Morgan fingerprint density at radius 3 is 1.96 bits per heavy atom. The van der Waals surface area contributed by atoms with Gasteiger partial charge in [0.2, 0.25) is 5.75 Å². The summed E-state index contributed by atoms with van der Waals surface area (Å²) >= 11 is 0. The van der Waals surface area contributed by atoms with Crippen LogP contribution in [0.5, 0.6) is 17.2 Å². The number of rotatable bonds is 7. The van der Waals surface area contributed by atoms with E-state index in [9.17, 15) is 5.11 Å². The van der Waals surface area contributed by atoms with E-state index in [0.717, 1.165) is 11.1 Å². The minimum absolute atomic E-state index is 0. The molecular weight excluding hydrogens is 330 g/mol. The third-order valence-electron chi connectivity index (χ3n) is 3.77. The van der Waals surface area contributed by atoms with Crippen molar-refractivity contribution in [3.8, 4) is 17.2 Å². The van der Waals surface area contributed by atoms with Crippen LogP contribution >= 0.6 is 12.4 Å².